The van der Waals surface area contributed by atoms with E-state index < -0.39 is 0 Å². The maximum Gasteiger partial charge on any atom is 0.150 e. The second-order valence-electron chi connectivity index (χ2n) is 1.06. The molecule has 5 heteroatoms. The lowest BCUT2D eigenvalue weighted by Crippen LogP contribution is -1.66. The van der Waals surface area contributed by atoms with Gasteiger partial charge in [-0.2, -0.15) is 0 Å². The zero-order valence-electron chi connectivity index (χ0n) is 4.09. The van der Waals surface area contributed by atoms with E-state index in [1.54, 1.807) is 0 Å². The summed E-state index contributed by atoms with van der Waals surface area (Å²) in [5.74, 6) is 0. The van der Waals surface area contributed by atoms with Gasteiger partial charge in [0.2, 0.25) is 0 Å². The first-order chi connectivity index (χ1) is 3.84. The lowest BCUT2D eigenvalue weighted by Gasteiger charge is -1.80. The topological polar surface area (TPSA) is 25.8 Å². The van der Waals surface area contributed by atoms with Gasteiger partial charge in [0.1, 0.15) is 9.36 Å². The molecule has 1 heterocycles. The molecule has 8 heavy (non-hydrogen) atoms. The summed E-state index contributed by atoms with van der Waals surface area (Å²) in [4.78, 5) is 0. The average Bonchev–Trinajstić information content (AvgIpc) is 2.14. The van der Waals surface area contributed by atoms with Gasteiger partial charge in [-0.05, 0) is 6.26 Å². The molecule has 1 rings (SSSR count). The molecule has 0 atom stereocenters. The molecule has 0 saturated carbocycles. The highest BCUT2D eigenvalue weighted by atomic mass is 35.5. The van der Waals surface area contributed by atoms with Crippen LogP contribution in [0.5, 0.6) is 0 Å². The van der Waals surface area contributed by atoms with E-state index in [2.05, 4.69) is 9.59 Å². The molecule has 1 aromatic heterocycles. The molecule has 44 valence electrons. The number of thioether (sulfide) groups is 1. The lowest BCUT2D eigenvalue weighted by molar-refractivity contribution is 1.04. The molecular weight excluding hydrogens is 164 g/mol. The van der Waals surface area contributed by atoms with Gasteiger partial charge in [-0.1, -0.05) is 16.1 Å². The van der Waals surface area contributed by atoms with Crippen LogP contribution in [-0.2, 0) is 0 Å². The SMILES string of the molecule is CSc1nnsc1Cl. The Hall–Kier alpha value is 0.200. The van der Waals surface area contributed by atoms with Crippen LogP contribution in [0.15, 0.2) is 5.03 Å². The molecule has 0 unspecified atom stereocenters. The number of rotatable bonds is 1. The van der Waals surface area contributed by atoms with Crippen molar-refractivity contribution in [2.75, 3.05) is 6.26 Å². The predicted octanol–water partition coefficient (Wildman–Crippen LogP) is 1.91. The standard InChI is InChI=1S/C3H3ClN2S2/c1-7-3-2(4)8-6-5-3/h1H3. The van der Waals surface area contributed by atoms with Crippen molar-refractivity contribution in [3.05, 3.63) is 4.34 Å². The van der Waals surface area contributed by atoms with Gasteiger partial charge < -0.3 is 0 Å². The largest absolute Gasteiger partial charge is 0.150 e. The van der Waals surface area contributed by atoms with Gasteiger partial charge in [0, 0.05) is 11.5 Å². The van der Waals surface area contributed by atoms with Crippen LogP contribution in [-0.4, -0.2) is 15.8 Å². The third-order valence-electron chi connectivity index (χ3n) is 0.614. The van der Waals surface area contributed by atoms with Crippen LogP contribution in [0.3, 0.4) is 0 Å². The predicted molar refractivity (Wildman–Crippen MR) is 36.7 cm³/mol. The Morgan fingerprint density at radius 2 is 2.50 bits per heavy atom. The van der Waals surface area contributed by atoms with Crippen LogP contribution >= 0.6 is 34.9 Å². The second-order valence-corrected chi connectivity index (χ2v) is 3.21. The molecule has 0 fully saturated rings. The number of hydrogen-bond donors (Lipinski definition) is 0. The van der Waals surface area contributed by atoms with E-state index in [0.717, 1.165) is 5.03 Å². The van der Waals surface area contributed by atoms with Gasteiger partial charge in [0.05, 0.1) is 0 Å². The minimum Gasteiger partial charge on any atom is -0.130 e. The van der Waals surface area contributed by atoms with Crippen LogP contribution in [0.25, 0.3) is 0 Å². The highest BCUT2D eigenvalue weighted by Crippen LogP contribution is 2.24. The first-order valence-corrected chi connectivity index (χ1v) is 4.24. The van der Waals surface area contributed by atoms with Crippen molar-refractivity contribution in [2.24, 2.45) is 0 Å². The van der Waals surface area contributed by atoms with Crippen molar-refractivity contribution in [1.29, 1.82) is 0 Å². The summed E-state index contributed by atoms with van der Waals surface area (Å²) in [5.41, 5.74) is 0. The monoisotopic (exact) mass is 166 g/mol. The van der Waals surface area contributed by atoms with Crippen LogP contribution in [0, 0.1) is 0 Å². The van der Waals surface area contributed by atoms with E-state index in [1.165, 1.54) is 23.3 Å². The summed E-state index contributed by atoms with van der Waals surface area (Å²) in [6.07, 6.45) is 1.92. The fourth-order valence-electron chi connectivity index (χ4n) is 0.293. The van der Waals surface area contributed by atoms with Crippen LogP contribution in [0.2, 0.25) is 4.34 Å². The fraction of sp³-hybridized carbons (Fsp3) is 0.333. The average molecular weight is 167 g/mol. The molecule has 0 radical (unpaired) electrons. The lowest BCUT2D eigenvalue weighted by atomic mass is 11.0. The Bertz CT molecular complexity index is 176. The molecule has 0 aliphatic rings. The summed E-state index contributed by atoms with van der Waals surface area (Å²) in [7, 11) is 0. The maximum atomic E-state index is 5.61. The molecule has 0 aromatic carbocycles. The highest BCUT2D eigenvalue weighted by Gasteiger charge is 2.00. The van der Waals surface area contributed by atoms with Crippen molar-refractivity contribution in [2.45, 2.75) is 5.03 Å². The Balaban J connectivity index is 2.92. The van der Waals surface area contributed by atoms with Gasteiger partial charge in [-0.15, -0.1) is 16.9 Å². The molecule has 0 N–H and O–H groups in total. The summed E-state index contributed by atoms with van der Waals surface area (Å²) < 4.78 is 4.31. The first kappa shape index (κ1) is 6.32. The van der Waals surface area contributed by atoms with E-state index in [1.807, 2.05) is 6.26 Å². The summed E-state index contributed by atoms with van der Waals surface area (Å²) in [6, 6.07) is 0. The van der Waals surface area contributed by atoms with Crippen molar-refractivity contribution < 1.29 is 0 Å². The maximum absolute atomic E-state index is 5.61. The zero-order chi connectivity index (χ0) is 5.98. The van der Waals surface area contributed by atoms with Gasteiger partial charge in [-0.3, -0.25) is 0 Å². The van der Waals surface area contributed by atoms with E-state index in [0.29, 0.717) is 4.34 Å². The number of halogens is 1. The zero-order valence-corrected chi connectivity index (χ0v) is 6.48. The molecule has 0 amide bonds. The Morgan fingerprint density at radius 1 is 1.75 bits per heavy atom. The number of nitrogens with zero attached hydrogens (tertiary/aromatic N) is 2. The molecule has 0 spiro atoms. The van der Waals surface area contributed by atoms with Gasteiger partial charge in [0.15, 0.2) is 0 Å². The number of hydrogen-bond acceptors (Lipinski definition) is 4. The van der Waals surface area contributed by atoms with Crippen LogP contribution in [0.4, 0.5) is 0 Å². The van der Waals surface area contributed by atoms with Crippen molar-refractivity contribution in [3.63, 3.8) is 0 Å². The van der Waals surface area contributed by atoms with E-state index in [9.17, 15) is 0 Å². The molecule has 0 aliphatic heterocycles. The first-order valence-electron chi connectivity index (χ1n) is 1.86. The van der Waals surface area contributed by atoms with E-state index >= 15 is 0 Å². The fourth-order valence-corrected chi connectivity index (χ4v) is 1.66. The Morgan fingerprint density at radius 3 is 2.75 bits per heavy atom. The van der Waals surface area contributed by atoms with Gasteiger partial charge in [-0.25, -0.2) is 0 Å². The molecule has 0 saturated heterocycles. The quantitative estimate of drug-likeness (QED) is 0.597. The van der Waals surface area contributed by atoms with E-state index in [4.69, 9.17) is 11.6 Å². The summed E-state index contributed by atoms with van der Waals surface area (Å²) in [5, 5.41) is 4.55. The molecule has 0 bridgehead atoms. The second kappa shape index (κ2) is 2.66. The summed E-state index contributed by atoms with van der Waals surface area (Å²) in [6.45, 7) is 0. The molecule has 0 aliphatic carbocycles. The third-order valence-corrected chi connectivity index (χ3v) is 2.43. The van der Waals surface area contributed by atoms with Crippen molar-refractivity contribution in [3.8, 4) is 0 Å². The Labute approximate surface area is 60.4 Å². The highest BCUT2D eigenvalue weighted by molar-refractivity contribution is 7.98. The summed E-state index contributed by atoms with van der Waals surface area (Å²) >= 11 is 8.33. The van der Waals surface area contributed by atoms with Gasteiger partial charge >= 0.3 is 0 Å². The number of aromatic nitrogens is 2. The minimum atomic E-state index is 0.678. The van der Waals surface area contributed by atoms with Gasteiger partial charge in [0.25, 0.3) is 0 Å². The normalized spacial score (nSPS) is 9.75. The van der Waals surface area contributed by atoms with Crippen molar-refractivity contribution >= 4 is 34.9 Å². The van der Waals surface area contributed by atoms with Crippen molar-refractivity contribution in [1.82, 2.24) is 9.59 Å². The van der Waals surface area contributed by atoms with Crippen LogP contribution < -0.4 is 0 Å². The van der Waals surface area contributed by atoms with E-state index in [-0.39, 0.29) is 0 Å². The molecule has 1 aromatic rings. The Kier molecular flexibility index (Phi) is 2.10. The minimum absolute atomic E-state index is 0.678. The third kappa shape index (κ3) is 1.13. The van der Waals surface area contributed by atoms with Crippen LogP contribution in [0.1, 0.15) is 0 Å². The molecule has 2 nitrogen and oxygen atoms in total. The smallest absolute Gasteiger partial charge is 0.130 e. The molecular formula is C3H3ClN2S2.